The first-order valence-electron chi connectivity index (χ1n) is 6.84. The lowest BCUT2D eigenvalue weighted by atomic mass is 10.2. The third-order valence-electron chi connectivity index (χ3n) is 2.44. The molecule has 0 aromatic heterocycles. The van der Waals surface area contributed by atoms with Crippen molar-refractivity contribution in [1.82, 2.24) is 0 Å². The summed E-state index contributed by atoms with van der Waals surface area (Å²) in [4.78, 5) is 10.2. The molecule has 0 unspecified atom stereocenters. The molecule has 0 bridgehead atoms. The Morgan fingerprint density at radius 3 is 2.22 bits per heavy atom. The summed E-state index contributed by atoms with van der Waals surface area (Å²) < 4.78 is 30.4. The summed E-state index contributed by atoms with van der Waals surface area (Å²) in [6.07, 6.45) is 0.987. The van der Waals surface area contributed by atoms with Gasteiger partial charge in [-0.15, -0.1) is 0 Å². The highest BCUT2D eigenvalue weighted by Crippen LogP contribution is 2.33. The minimum Gasteiger partial charge on any atom is -0.455 e. The Morgan fingerprint density at radius 2 is 1.70 bits per heavy atom. The van der Waals surface area contributed by atoms with E-state index in [1.54, 1.807) is 30.3 Å². The van der Waals surface area contributed by atoms with Gasteiger partial charge in [-0.1, -0.05) is 32.0 Å². The minimum atomic E-state index is -3.52. The fourth-order valence-corrected chi connectivity index (χ4v) is 2.18. The van der Waals surface area contributed by atoms with Crippen LogP contribution in [-0.4, -0.2) is 19.6 Å². The van der Waals surface area contributed by atoms with Crippen molar-refractivity contribution in [2.75, 3.05) is 11.0 Å². The van der Waals surface area contributed by atoms with Gasteiger partial charge in [0.1, 0.15) is 5.75 Å². The average molecular weight is 338 g/mol. The second kappa shape index (κ2) is 8.14. The summed E-state index contributed by atoms with van der Waals surface area (Å²) in [7, 11) is -3.52. The van der Waals surface area contributed by atoms with E-state index in [-0.39, 0.29) is 17.1 Å². The van der Waals surface area contributed by atoms with E-state index in [1.807, 2.05) is 13.8 Å². The van der Waals surface area contributed by atoms with Crippen molar-refractivity contribution < 1.29 is 18.1 Å². The van der Waals surface area contributed by atoms with Crippen LogP contribution in [0.15, 0.2) is 48.5 Å². The molecule has 2 aromatic carbocycles. The number of non-ortho nitro benzene ring substituents is 1. The van der Waals surface area contributed by atoms with E-state index < -0.39 is 14.9 Å². The minimum absolute atomic E-state index is 0.0563. The largest absolute Gasteiger partial charge is 0.455 e. The Bertz CT molecular complexity index is 761. The maximum atomic E-state index is 11.3. The van der Waals surface area contributed by atoms with Crippen LogP contribution >= 0.6 is 0 Å². The molecule has 8 heteroatoms. The van der Waals surface area contributed by atoms with Crippen molar-refractivity contribution in [3.63, 3.8) is 0 Å². The van der Waals surface area contributed by atoms with E-state index in [2.05, 4.69) is 4.72 Å². The molecule has 0 saturated carbocycles. The van der Waals surface area contributed by atoms with E-state index in [0.29, 0.717) is 5.75 Å². The first kappa shape index (κ1) is 18.4. The summed E-state index contributed by atoms with van der Waals surface area (Å²) in [6.45, 7) is 4.00. The average Bonchev–Trinajstić information content (AvgIpc) is 2.50. The predicted octanol–water partition coefficient (Wildman–Crippen LogP) is 3.78. The van der Waals surface area contributed by atoms with Crippen molar-refractivity contribution in [3.8, 4) is 11.5 Å². The lowest BCUT2D eigenvalue weighted by molar-refractivity contribution is -0.384. The summed E-state index contributed by atoms with van der Waals surface area (Å²) >= 11 is 0. The monoisotopic (exact) mass is 338 g/mol. The van der Waals surface area contributed by atoms with E-state index in [0.717, 1.165) is 6.26 Å². The number of rotatable bonds is 5. The molecule has 2 aromatic rings. The van der Waals surface area contributed by atoms with E-state index in [4.69, 9.17) is 4.74 Å². The highest BCUT2D eigenvalue weighted by atomic mass is 32.2. The Morgan fingerprint density at radius 1 is 1.09 bits per heavy atom. The van der Waals surface area contributed by atoms with Gasteiger partial charge in [0.2, 0.25) is 10.0 Å². The van der Waals surface area contributed by atoms with Gasteiger partial charge in [-0.25, -0.2) is 8.42 Å². The first-order valence-corrected chi connectivity index (χ1v) is 8.73. The fraction of sp³-hybridized carbons (Fsp3) is 0.200. The SMILES string of the molecule is CC.CS(=O)(=O)Nc1ccc([N+](=O)[O-])cc1Oc1ccccc1. The molecule has 23 heavy (non-hydrogen) atoms. The molecule has 0 aliphatic heterocycles. The zero-order valence-electron chi connectivity index (χ0n) is 13.0. The Hall–Kier alpha value is -2.61. The van der Waals surface area contributed by atoms with Crippen LogP contribution in [0.25, 0.3) is 0 Å². The number of benzene rings is 2. The molecule has 0 radical (unpaired) electrons. The number of anilines is 1. The van der Waals surface area contributed by atoms with Crippen LogP contribution in [-0.2, 0) is 10.0 Å². The van der Waals surface area contributed by atoms with Crippen molar-refractivity contribution in [2.45, 2.75) is 13.8 Å². The Balaban J connectivity index is 0.00000127. The Labute approximate surface area is 135 Å². The molecule has 0 saturated heterocycles. The number of nitro benzene ring substituents is 1. The molecule has 2 rings (SSSR count). The van der Waals surface area contributed by atoms with Crippen LogP contribution in [0, 0.1) is 10.1 Å². The summed E-state index contributed by atoms with van der Waals surface area (Å²) in [5.41, 5.74) is -0.0630. The fourth-order valence-electron chi connectivity index (χ4n) is 1.61. The first-order chi connectivity index (χ1) is 10.8. The molecule has 0 aliphatic rings. The van der Waals surface area contributed by atoms with Crippen LogP contribution in [0.4, 0.5) is 11.4 Å². The van der Waals surface area contributed by atoms with Gasteiger partial charge in [-0.05, 0) is 18.2 Å². The van der Waals surface area contributed by atoms with Crippen molar-refractivity contribution in [2.24, 2.45) is 0 Å². The zero-order valence-corrected chi connectivity index (χ0v) is 13.8. The number of nitro groups is 1. The zero-order chi connectivity index (χ0) is 17.5. The van der Waals surface area contributed by atoms with E-state index >= 15 is 0 Å². The predicted molar refractivity (Wildman–Crippen MR) is 89.4 cm³/mol. The number of hydrogen-bond donors (Lipinski definition) is 1. The third-order valence-corrected chi connectivity index (χ3v) is 3.03. The molecule has 1 N–H and O–H groups in total. The quantitative estimate of drug-likeness (QED) is 0.660. The molecular formula is C15H18N2O5S. The maximum Gasteiger partial charge on any atom is 0.273 e. The smallest absolute Gasteiger partial charge is 0.273 e. The summed E-state index contributed by atoms with van der Waals surface area (Å²) in [6, 6.07) is 12.2. The van der Waals surface area contributed by atoms with Gasteiger partial charge in [0.15, 0.2) is 5.75 Å². The highest BCUT2D eigenvalue weighted by Gasteiger charge is 2.15. The normalized spacial score (nSPS) is 10.2. The van der Waals surface area contributed by atoms with Gasteiger partial charge in [-0.2, -0.15) is 0 Å². The van der Waals surface area contributed by atoms with Crippen molar-refractivity contribution >= 4 is 21.4 Å². The van der Waals surface area contributed by atoms with Crippen LogP contribution in [0.2, 0.25) is 0 Å². The molecule has 0 spiro atoms. The lowest BCUT2D eigenvalue weighted by Crippen LogP contribution is -2.10. The summed E-state index contributed by atoms with van der Waals surface area (Å²) in [5.74, 6) is 0.496. The van der Waals surface area contributed by atoms with Gasteiger partial charge in [0.05, 0.1) is 22.9 Å². The summed E-state index contributed by atoms with van der Waals surface area (Å²) in [5, 5.41) is 10.8. The van der Waals surface area contributed by atoms with Crippen LogP contribution in [0.5, 0.6) is 11.5 Å². The molecule has 7 nitrogen and oxygen atoms in total. The van der Waals surface area contributed by atoms with Crippen molar-refractivity contribution in [1.29, 1.82) is 0 Å². The Kier molecular flexibility index (Phi) is 6.52. The number of nitrogens with one attached hydrogen (secondary N) is 1. The third kappa shape index (κ3) is 5.95. The van der Waals surface area contributed by atoms with Crippen LogP contribution < -0.4 is 9.46 Å². The maximum absolute atomic E-state index is 11.3. The van der Waals surface area contributed by atoms with Crippen LogP contribution in [0.3, 0.4) is 0 Å². The molecule has 0 atom stereocenters. The van der Waals surface area contributed by atoms with Crippen molar-refractivity contribution in [3.05, 3.63) is 58.6 Å². The number of sulfonamides is 1. The second-order valence-corrected chi connectivity index (χ2v) is 5.98. The number of hydrogen-bond acceptors (Lipinski definition) is 5. The lowest BCUT2D eigenvalue weighted by Gasteiger charge is -2.11. The number of para-hydroxylation sites is 1. The number of ether oxygens (including phenoxy) is 1. The molecule has 0 fully saturated rings. The molecule has 124 valence electrons. The van der Waals surface area contributed by atoms with E-state index in [1.165, 1.54) is 18.2 Å². The van der Waals surface area contributed by atoms with Gasteiger partial charge in [0.25, 0.3) is 5.69 Å². The van der Waals surface area contributed by atoms with Crippen LogP contribution in [0.1, 0.15) is 13.8 Å². The van der Waals surface area contributed by atoms with Gasteiger partial charge in [0, 0.05) is 6.07 Å². The van der Waals surface area contributed by atoms with Gasteiger partial charge >= 0.3 is 0 Å². The molecule has 0 amide bonds. The second-order valence-electron chi connectivity index (χ2n) is 4.23. The van der Waals surface area contributed by atoms with E-state index in [9.17, 15) is 18.5 Å². The molecule has 0 aliphatic carbocycles. The van der Waals surface area contributed by atoms with Gasteiger partial charge in [-0.3, -0.25) is 14.8 Å². The topological polar surface area (TPSA) is 98.5 Å². The van der Waals surface area contributed by atoms with Gasteiger partial charge < -0.3 is 4.74 Å². The number of nitrogens with zero attached hydrogens (tertiary/aromatic N) is 1. The molecular weight excluding hydrogens is 320 g/mol. The standard InChI is InChI=1S/C13H12N2O5S.C2H6/c1-21(18,19)14-12-8-7-10(15(16)17)9-13(12)20-11-5-3-2-4-6-11;1-2/h2-9,14H,1H3;1-2H3. The molecule has 0 heterocycles. The highest BCUT2D eigenvalue weighted by molar-refractivity contribution is 7.92.